The van der Waals surface area contributed by atoms with E-state index in [0.29, 0.717) is 19.0 Å². The zero-order valence-corrected chi connectivity index (χ0v) is 11.7. The number of anilines is 1. The second-order valence-corrected chi connectivity index (χ2v) is 5.26. The van der Waals surface area contributed by atoms with Crippen LogP contribution in [-0.4, -0.2) is 28.7 Å². The zero-order chi connectivity index (χ0) is 13.6. The van der Waals surface area contributed by atoms with E-state index in [1.54, 1.807) is 12.4 Å². The van der Waals surface area contributed by atoms with Crippen LogP contribution in [0.3, 0.4) is 0 Å². The molecule has 0 aromatic carbocycles. The van der Waals surface area contributed by atoms with Crippen molar-refractivity contribution in [2.45, 2.75) is 51.0 Å². The van der Waals surface area contributed by atoms with E-state index in [1.807, 2.05) is 0 Å². The minimum Gasteiger partial charge on any atom is -0.477 e. The summed E-state index contributed by atoms with van der Waals surface area (Å²) in [4.78, 5) is 8.62. The van der Waals surface area contributed by atoms with Gasteiger partial charge in [0.25, 0.3) is 0 Å². The van der Waals surface area contributed by atoms with Crippen molar-refractivity contribution in [3.63, 3.8) is 0 Å². The van der Waals surface area contributed by atoms with Crippen LogP contribution in [0.2, 0.25) is 0 Å². The summed E-state index contributed by atoms with van der Waals surface area (Å²) < 4.78 is 5.51. The molecule has 0 unspecified atom stereocenters. The van der Waals surface area contributed by atoms with Gasteiger partial charge in [0.1, 0.15) is 5.82 Å². The first kappa shape index (κ1) is 14.1. The summed E-state index contributed by atoms with van der Waals surface area (Å²) in [5.74, 6) is 1.34. The number of rotatable bonds is 6. The Labute approximate surface area is 115 Å². The van der Waals surface area contributed by atoms with Crippen LogP contribution in [0.5, 0.6) is 5.88 Å². The number of hydrogen-bond acceptors (Lipinski definition) is 5. The van der Waals surface area contributed by atoms with Crippen molar-refractivity contribution in [1.82, 2.24) is 9.97 Å². The molecule has 1 heterocycles. The topological polar surface area (TPSA) is 73.1 Å². The summed E-state index contributed by atoms with van der Waals surface area (Å²) in [5, 5.41) is 3.48. The summed E-state index contributed by atoms with van der Waals surface area (Å²) in [5.41, 5.74) is 5.94. The van der Waals surface area contributed by atoms with Crippen LogP contribution in [0.4, 0.5) is 5.82 Å². The van der Waals surface area contributed by atoms with Crippen LogP contribution in [-0.2, 0) is 0 Å². The molecule has 2 rings (SSSR count). The highest BCUT2D eigenvalue weighted by Gasteiger charge is 2.30. The highest BCUT2D eigenvalue weighted by Crippen LogP contribution is 2.30. The number of aromatic nitrogens is 2. The summed E-state index contributed by atoms with van der Waals surface area (Å²) in [6.45, 7) is 3.37. The van der Waals surface area contributed by atoms with Crippen LogP contribution < -0.4 is 15.8 Å². The normalized spacial score (nSPS) is 18.0. The minimum absolute atomic E-state index is 0.0175. The van der Waals surface area contributed by atoms with Crippen LogP contribution in [0, 0.1) is 0 Å². The Morgan fingerprint density at radius 3 is 2.79 bits per heavy atom. The van der Waals surface area contributed by atoms with Gasteiger partial charge in [-0.25, -0.2) is 0 Å². The first-order valence-corrected chi connectivity index (χ1v) is 7.21. The fraction of sp³-hybridized carbons (Fsp3) is 0.714. The SMILES string of the molecule is CCCOc1cncc(NC2(CN)CCCCC2)n1. The summed E-state index contributed by atoms with van der Waals surface area (Å²) >= 11 is 0. The molecule has 0 amide bonds. The van der Waals surface area contributed by atoms with Gasteiger partial charge in [0.2, 0.25) is 5.88 Å². The standard InChI is InChI=1S/C14H24N4O/c1-2-8-19-13-10-16-9-12(17-13)18-14(11-15)6-4-3-5-7-14/h9-10H,2-8,11,15H2,1H3,(H,17,18). The molecule has 1 aromatic rings. The van der Waals surface area contributed by atoms with E-state index in [1.165, 1.54) is 19.3 Å². The molecule has 19 heavy (non-hydrogen) atoms. The zero-order valence-electron chi connectivity index (χ0n) is 11.7. The number of hydrogen-bond donors (Lipinski definition) is 2. The van der Waals surface area contributed by atoms with Crippen molar-refractivity contribution < 1.29 is 4.74 Å². The highest BCUT2D eigenvalue weighted by molar-refractivity contribution is 5.37. The molecule has 1 saturated carbocycles. The van der Waals surface area contributed by atoms with E-state index in [0.717, 1.165) is 25.1 Å². The molecule has 0 spiro atoms. The lowest BCUT2D eigenvalue weighted by Crippen LogP contribution is -2.47. The molecular formula is C14H24N4O. The van der Waals surface area contributed by atoms with Crippen molar-refractivity contribution >= 4 is 5.82 Å². The van der Waals surface area contributed by atoms with Gasteiger partial charge in [-0.05, 0) is 19.3 Å². The number of nitrogens with zero attached hydrogens (tertiary/aromatic N) is 2. The Morgan fingerprint density at radius 1 is 1.32 bits per heavy atom. The average molecular weight is 264 g/mol. The Bertz CT molecular complexity index is 391. The Morgan fingerprint density at radius 2 is 2.11 bits per heavy atom. The van der Waals surface area contributed by atoms with Crippen molar-refractivity contribution in [3.05, 3.63) is 12.4 Å². The van der Waals surface area contributed by atoms with Gasteiger partial charge >= 0.3 is 0 Å². The molecule has 0 atom stereocenters. The van der Waals surface area contributed by atoms with Crippen LogP contribution in [0.1, 0.15) is 45.4 Å². The van der Waals surface area contributed by atoms with Crippen LogP contribution >= 0.6 is 0 Å². The number of nitrogens with two attached hydrogens (primary N) is 1. The summed E-state index contributed by atoms with van der Waals surface area (Å²) in [7, 11) is 0. The second kappa shape index (κ2) is 6.70. The predicted octanol–water partition coefficient (Wildman–Crippen LogP) is 2.34. The van der Waals surface area contributed by atoms with Gasteiger partial charge in [0.05, 0.1) is 24.5 Å². The van der Waals surface area contributed by atoms with E-state index in [4.69, 9.17) is 10.5 Å². The number of nitrogens with one attached hydrogen (secondary N) is 1. The third-order valence-electron chi connectivity index (χ3n) is 3.66. The molecular weight excluding hydrogens is 240 g/mol. The van der Waals surface area contributed by atoms with E-state index >= 15 is 0 Å². The fourth-order valence-corrected chi connectivity index (χ4v) is 2.56. The smallest absolute Gasteiger partial charge is 0.234 e. The highest BCUT2D eigenvalue weighted by atomic mass is 16.5. The van der Waals surface area contributed by atoms with Gasteiger partial charge in [-0.2, -0.15) is 4.98 Å². The van der Waals surface area contributed by atoms with Gasteiger partial charge in [-0.1, -0.05) is 26.2 Å². The molecule has 0 bridgehead atoms. The Hall–Kier alpha value is -1.36. The first-order chi connectivity index (χ1) is 9.28. The van der Waals surface area contributed by atoms with Crippen molar-refractivity contribution in [2.24, 2.45) is 5.73 Å². The quantitative estimate of drug-likeness (QED) is 0.825. The molecule has 1 aliphatic carbocycles. The number of ether oxygens (including phenoxy) is 1. The predicted molar refractivity (Wildman–Crippen MR) is 76.3 cm³/mol. The molecule has 3 N–H and O–H groups in total. The largest absolute Gasteiger partial charge is 0.477 e. The lowest BCUT2D eigenvalue weighted by atomic mass is 9.82. The van der Waals surface area contributed by atoms with Crippen molar-refractivity contribution in [1.29, 1.82) is 0 Å². The first-order valence-electron chi connectivity index (χ1n) is 7.21. The molecule has 1 aromatic heterocycles. The van der Waals surface area contributed by atoms with E-state index in [-0.39, 0.29) is 5.54 Å². The third kappa shape index (κ3) is 3.80. The maximum atomic E-state index is 5.96. The van der Waals surface area contributed by atoms with Crippen LogP contribution in [0.15, 0.2) is 12.4 Å². The molecule has 1 fully saturated rings. The molecule has 5 heteroatoms. The third-order valence-corrected chi connectivity index (χ3v) is 3.66. The second-order valence-electron chi connectivity index (χ2n) is 5.26. The Kier molecular flexibility index (Phi) is 4.96. The van der Waals surface area contributed by atoms with Gasteiger partial charge in [-0.3, -0.25) is 4.98 Å². The van der Waals surface area contributed by atoms with E-state index in [9.17, 15) is 0 Å². The molecule has 0 aliphatic heterocycles. The molecule has 0 radical (unpaired) electrons. The van der Waals surface area contributed by atoms with Crippen molar-refractivity contribution in [3.8, 4) is 5.88 Å². The lowest BCUT2D eigenvalue weighted by molar-refractivity contribution is 0.302. The minimum atomic E-state index is -0.0175. The average Bonchev–Trinajstić information content (AvgIpc) is 2.46. The van der Waals surface area contributed by atoms with Gasteiger partial charge in [-0.15, -0.1) is 0 Å². The van der Waals surface area contributed by atoms with E-state index < -0.39 is 0 Å². The van der Waals surface area contributed by atoms with Gasteiger partial charge < -0.3 is 15.8 Å². The summed E-state index contributed by atoms with van der Waals surface area (Å²) in [6, 6.07) is 0. The van der Waals surface area contributed by atoms with E-state index in [2.05, 4.69) is 22.2 Å². The molecule has 106 valence electrons. The van der Waals surface area contributed by atoms with Gasteiger partial charge in [0.15, 0.2) is 0 Å². The fourth-order valence-electron chi connectivity index (χ4n) is 2.56. The maximum absolute atomic E-state index is 5.96. The molecule has 0 saturated heterocycles. The molecule has 5 nitrogen and oxygen atoms in total. The monoisotopic (exact) mass is 264 g/mol. The van der Waals surface area contributed by atoms with Gasteiger partial charge in [0, 0.05) is 6.54 Å². The maximum Gasteiger partial charge on any atom is 0.234 e. The van der Waals surface area contributed by atoms with Crippen LogP contribution in [0.25, 0.3) is 0 Å². The molecule has 1 aliphatic rings. The Balaban J connectivity index is 2.04. The lowest BCUT2D eigenvalue weighted by Gasteiger charge is -2.37. The van der Waals surface area contributed by atoms with Crippen molar-refractivity contribution in [2.75, 3.05) is 18.5 Å². The summed E-state index contributed by atoms with van der Waals surface area (Å²) in [6.07, 6.45) is 10.3.